The van der Waals surface area contributed by atoms with Crippen molar-refractivity contribution < 1.29 is 10.0 Å². The molecule has 2 aromatic rings. The van der Waals surface area contributed by atoms with Gasteiger partial charge in [-0.15, -0.1) is 0 Å². The van der Waals surface area contributed by atoms with Crippen molar-refractivity contribution in [2.75, 3.05) is 6.54 Å². The minimum Gasteiger partial charge on any atom is -0.313 e. The zero-order chi connectivity index (χ0) is 16.2. The molecular weight excluding hydrogens is 274 g/mol. The molecule has 22 heavy (non-hydrogen) atoms. The highest BCUT2D eigenvalue weighted by Crippen LogP contribution is 2.24. The molecule has 0 fully saturated rings. The fourth-order valence-corrected chi connectivity index (χ4v) is 2.28. The number of carbonyl (C=O) groups is 1. The van der Waals surface area contributed by atoms with Crippen LogP contribution in [0.15, 0.2) is 60.7 Å². The average Bonchev–Trinajstić information content (AvgIpc) is 2.52. The lowest BCUT2D eigenvalue weighted by molar-refractivity contribution is -0.156. The predicted octanol–water partition coefficient (Wildman–Crippen LogP) is 4.14. The van der Waals surface area contributed by atoms with Gasteiger partial charge in [0.15, 0.2) is 5.78 Å². The molecule has 0 aliphatic heterocycles. The maximum Gasteiger partial charge on any atom is 0.171 e. The summed E-state index contributed by atoms with van der Waals surface area (Å²) in [6.07, 6.45) is 0. The summed E-state index contributed by atoms with van der Waals surface area (Å²) in [5.41, 5.74) is 1.17. The molecule has 1 atom stereocenters. The van der Waals surface area contributed by atoms with Crippen LogP contribution in [0, 0.1) is 0 Å². The van der Waals surface area contributed by atoms with Crippen molar-refractivity contribution >= 4 is 5.78 Å². The summed E-state index contributed by atoms with van der Waals surface area (Å²) in [7, 11) is 0. The van der Waals surface area contributed by atoms with E-state index in [0.717, 1.165) is 5.56 Å². The monoisotopic (exact) mass is 297 g/mol. The van der Waals surface area contributed by atoms with Gasteiger partial charge < -0.3 is 5.21 Å². The Morgan fingerprint density at radius 2 is 1.50 bits per heavy atom. The van der Waals surface area contributed by atoms with Gasteiger partial charge >= 0.3 is 0 Å². The quantitative estimate of drug-likeness (QED) is 0.666. The third-order valence-electron chi connectivity index (χ3n) is 3.71. The Balaban J connectivity index is 2.32. The summed E-state index contributed by atoms with van der Waals surface area (Å²) in [6, 6.07) is 18.9. The van der Waals surface area contributed by atoms with Gasteiger partial charge in [0.1, 0.15) is 0 Å². The number of carbonyl (C=O) groups excluding carboxylic acids is 1. The molecule has 0 aromatic heterocycles. The second kappa shape index (κ2) is 6.86. The number of hydroxylamine groups is 2. The largest absolute Gasteiger partial charge is 0.313 e. The molecule has 0 spiro atoms. The second-order valence-electron chi connectivity index (χ2n) is 6.45. The molecule has 0 saturated heterocycles. The van der Waals surface area contributed by atoms with Gasteiger partial charge in [0.2, 0.25) is 0 Å². The van der Waals surface area contributed by atoms with Crippen LogP contribution in [-0.2, 0) is 0 Å². The summed E-state index contributed by atoms with van der Waals surface area (Å²) in [5.74, 6) is -0.372. The topological polar surface area (TPSA) is 40.5 Å². The van der Waals surface area contributed by atoms with Gasteiger partial charge in [-0.25, -0.2) is 0 Å². The number of benzene rings is 2. The predicted molar refractivity (Wildman–Crippen MR) is 88.2 cm³/mol. The van der Waals surface area contributed by atoms with E-state index >= 15 is 0 Å². The zero-order valence-corrected chi connectivity index (χ0v) is 13.4. The Hall–Kier alpha value is -1.97. The summed E-state index contributed by atoms with van der Waals surface area (Å²) in [4.78, 5) is 12.9. The van der Waals surface area contributed by atoms with E-state index in [-0.39, 0.29) is 12.3 Å². The van der Waals surface area contributed by atoms with Crippen molar-refractivity contribution in [2.45, 2.75) is 32.2 Å². The first-order valence-corrected chi connectivity index (χ1v) is 7.50. The van der Waals surface area contributed by atoms with Gasteiger partial charge in [0, 0.05) is 17.6 Å². The highest BCUT2D eigenvalue weighted by Gasteiger charge is 2.28. The van der Waals surface area contributed by atoms with Crippen molar-refractivity contribution in [2.24, 2.45) is 0 Å². The molecule has 1 N–H and O–H groups in total. The van der Waals surface area contributed by atoms with Crippen LogP contribution in [0.25, 0.3) is 0 Å². The van der Waals surface area contributed by atoms with Crippen molar-refractivity contribution in [1.29, 1.82) is 0 Å². The number of rotatable bonds is 5. The van der Waals surface area contributed by atoms with E-state index in [4.69, 9.17) is 0 Å². The highest BCUT2D eigenvalue weighted by molar-refractivity contribution is 6.01. The van der Waals surface area contributed by atoms with E-state index in [1.54, 1.807) is 0 Å². The highest BCUT2D eigenvalue weighted by atomic mass is 16.5. The molecule has 2 aromatic carbocycles. The van der Waals surface area contributed by atoms with Gasteiger partial charge in [-0.05, 0) is 26.3 Å². The molecule has 116 valence electrons. The third-order valence-corrected chi connectivity index (χ3v) is 3.71. The molecule has 0 heterocycles. The van der Waals surface area contributed by atoms with E-state index in [1.165, 1.54) is 5.06 Å². The lowest BCUT2D eigenvalue weighted by Gasteiger charge is -2.32. The van der Waals surface area contributed by atoms with Crippen LogP contribution >= 0.6 is 0 Å². The van der Waals surface area contributed by atoms with Crippen molar-refractivity contribution in [3.05, 3.63) is 71.8 Å². The van der Waals surface area contributed by atoms with Crippen LogP contribution in [0.1, 0.15) is 42.6 Å². The summed E-state index contributed by atoms with van der Waals surface area (Å²) >= 11 is 0. The fraction of sp³-hybridized carbons (Fsp3) is 0.316. The van der Waals surface area contributed by atoms with E-state index in [2.05, 4.69) is 0 Å². The van der Waals surface area contributed by atoms with Crippen LogP contribution in [0.4, 0.5) is 0 Å². The Morgan fingerprint density at radius 1 is 1.00 bits per heavy atom. The first kappa shape index (κ1) is 16.4. The molecule has 2 rings (SSSR count). The SMILES string of the molecule is CC(C)(C)N(O)CC(C(=O)c1ccccc1)c1ccccc1. The molecular formula is C19H23NO2. The van der Waals surface area contributed by atoms with E-state index < -0.39 is 11.5 Å². The molecule has 0 aliphatic rings. The van der Waals surface area contributed by atoms with Crippen LogP contribution < -0.4 is 0 Å². The van der Waals surface area contributed by atoms with Crippen LogP contribution in [0.3, 0.4) is 0 Å². The smallest absolute Gasteiger partial charge is 0.171 e. The van der Waals surface area contributed by atoms with E-state index in [0.29, 0.717) is 5.56 Å². The normalized spacial score (nSPS) is 13.1. The number of hydrogen-bond donors (Lipinski definition) is 1. The Kier molecular flexibility index (Phi) is 5.11. The molecule has 0 amide bonds. The van der Waals surface area contributed by atoms with Crippen LogP contribution in [-0.4, -0.2) is 28.1 Å². The number of hydrogen-bond acceptors (Lipinski definition) is 3. The Labute approximate surface area is 132 Å². The van der Waals surface area contributed by atoms with E-state index in [1.807, 2.05) is 81.4 Å². The summed E-state index contributed by atoms with van der Waals surface area (Å²) in [6.45, 7) is 6.02. The molecule has 3 nitrogen and oxygen atoms in total. The maximum atomic E-state index is 12.9. The molecule has 0 bridgehead atoms. The van der Waals surface area contributed by atoms with Crippen LogP contribution in [0.5, 0.6) is 0 Å². The first-order valence-electron chi connectivity index (χ1n) is 7.50. The van der Waals surface area contributed by atoms with Crippen LogP contribution in [0.2, 0.25) is 0 Å². The Bertz CT molecular complexity index is 602. The Morgan fingerprint density at radius 3 is 2.00 bits per heavy atom. The maximum absolute atomic E-state index is 12.9. The summed E-state index contributed by atoms with van der Waals surface area (Å²) < 4.78 is 0. The summed E-state index contributed by atoms with van der Waals surface area (Å²) in [5, 5.41) is 11.5. The second-order valence-corrected chi connectivity index (χ2v) is 6.45. The molecule has 3 heteroatoms. The fourth-order valence-electron chi connectivity index (χ4n) is 2.28. The third kappa shape index (κ3) is 4.03. The van der Waals surface area contributed by atoms with Gasteiger partial charge in [-0.3, -0.25) is 4.79 Å². The minimum absolute atomic E-state index is 0.0232. The van der Waals surface area contributed by atoms with Crippen molar-refractivity contribution in [1.82, 2.24) is 5.06 Å². The number of nitrogens with zero attached hydrogens (tertiary/aromatic N) is 1. The average molecular weight is 297 g/mol. The lowest BCUT2D eigenvalue weighted by atomic mass is 9.89. The van der Waals surface area contributed by atoms with Gasteiger partial charge in [0.05, 0.1) is 5.92 Å². The first-order chi connectivity index (χ1) is 10.4. The minimum atomic E-state index is -0.413. The zero-order valence-electron chi connectivity index (χ0n) is 13.4. The number of ketones is 1. The molecule has 0 saturated carbocycles. The molecule has 1 unspecified atom stereocenters. The standard InChI is InChI=1S/C19H23NO2/c1-19(2,3)20(22)14-17(15-10-6-4-7-11-15)18(21)16-12-8-5-9-13-16/h4-13,17,22H,14H2,1-3H3. The van der Waals surface area contributed by atoms with Gasteiger partial charge in [-0.2, -0.15) is 5.06 Å². The van der Waals surface area contributed by atoms with Gasteiger partial charge in [0.25, 0.3) is 0 Å². The van der Waals surface area contributed by atoms with Crippen molar-refractivity contribution in [3.63, 3.8) is 0 Å². The van der Waals surface area contributed by atoms with E-state index in [9.17, 15) is 10.0 Å². The van der Waals surface area contributed by atoms with Crippen molar-refractivity contribution in [3.8, 4) is 0 Å². The molecule has 0 radical (unpaired) electrons. The lowest BCUT2D eigenvalue weighted by Crippen LogP contribution is -2.42. The number of Topliss-reactive ketones (excluding diaryl/α,β-unsaturated/α-hetero) is 1. The molecule has 0 aliphatic carbocycles. The van der Waals surface area contributed by atoms with Gasteiger partial charge in [-0.1, -0.05) is 60.7 Å².